The van der Waals surface area contributed by atoms with Crippen LogP contribution in [0.2, 0.25) is 5.02 Å². The molecule has 3 amide bonds. The smallest absolute Gasteiger partial charge is 0.234 e. The number of allylic oxidation sites excluding steroid dienone is 2. The van der Waals surface area contributed by atoms with Crippen LogP contribution in [-0.2, 0) is 14.4 Å². The molecule has 2 bridgehead atoms. The third-order valence-corrected chi connectivity index (χ3v) is 7.05. The second kappa shape index (κ2) is 7.97. The van der Waals surface area contributed by atoms with E-state index in [1.54, 1.807) is 24.3 Å². The summed E-state index contributed by atoms with van der Waals surface area (Å²) in [6.45, 7) is 0. The van der Waals surface area contributed by atoms with Crippen LogP contribution in [0.25, 0.3) is 0 Å². The van der Waals surface area contributed by atoms with Crippen molar-refractivity contribution in [1.82, 2.24) is 4.90 Å². The lowest BCUT2D eigenvalue weighted by atomic mass is 9.63. The van der Waals surface area contributed by atoms with Crippen molar-refractivity contribution < 1.29 is 14.4 Å². The van der Waals surface area contributed by atoms with Crippen molar-refractivity contribution in [2.75, 3.05) is 5.32 Å². The van der Waals surface area contributed by atoms with E-state index in [0.29, 0.717) is 10.7 Å². The number of hydrogen-bond acceptors (Lipinski definition) is 3. The lowest BCUT2D eigenvalue weighted by molar-refractivity contribution is -0.143. The maximum absolute atomic E-state index is 13.5. The van der Waals surface area contributed by atoms with Crippen LogP contribution in [-0.4, -0.2) is 22.6 Å². The molecule has 5 atom stereocenters. The number of nitrogens with zero attached hydrogens (tertiary/aromatic N) is 1. The van der Waals surface area contributed by atoms with Crippen LogP contribution >= 0.6 is 11.6 Å². The molecular formula is C25H23ClN2O3. The molecule has 6 rings (SSSR count). The van der Waals surface area contributed by atoms with Gasteiger partial charge in [0.25, 0.3) is 0 Å². The number of nitrogens with one attached hydrogen (secondary N) is 1. The summed E-state index contributed by atoms with van der Waals surface area (Å²) in [6, 6.07) is 15.6. The van der Waals surface area contributed by atoms with Gasteiger partial charge in [0.05, 0.1) is 24.3 Å². The molecule has 1 saturated carbocycles. The number of fused-ring (bicyclic) bond motifs is 1. The molecule has 158 valence electrons. The normalized spacial score (nSPS) is 27.3. The highest BCUT2D eigenvalue weighted by atomic mass is 35.5. The predicted molar refractivity (Wildman–Crippen MR) is 118 cm³/mol. The highest BCUT2D eigenvalue weighted by Gasteiger charge is 2.58. The van der Waals surface area contributed by atoms with E-state index >= 15 is 0 Å². The number of imide groups is 1. The minimum Gasteiger partial charge on any atom is -0.326 e. The van der Waals surface area contributed by atoms with Crippen molar-refractivity contribution in [3.63, 3.8) is 0 Å². The van der Waals surface area contributed by atoms with Crippen molar-refractivity contribution >= 4 is 35.0 Å². The Bertz CT molecular complexity index is 1020. The first-order valence-corrected chi connectivity index (χ1v) is 11.1. The molecule has 31 heavy (non-hydrogen) atoms. The molecule has 1 aliphatic heterocycles. The molecule has 2 aromatic carbocycles. The quantitative estimate of drug-likeness (QED) is 0.552. The topological polar surface area (TPSA) is 66.5 Å². The van der Waals surface area contributed by atoms with Crippen LogP contribution in [0.4, 0.5) is 5.69 Å². The monoisotopic (exact) mass is 434 g/mol. The van der Waals surface area contributed by atoms with E-state index in [2.05, 4.69) is 17.5 Å². The molecule has 0 spiro atoms. The SMILES string of the molecule is O=C(C[C@H](c1ccccc1)N1C(=O)[C@@H]2[C@H](C1=O)[C@H]1C=C[C@H]2CC1)Nc1ccc(Cl)cc1. The number of likely N-dealkylation sites (tertiary alicyclic amines) is 1. The molecule has 0 aromatic heterocycles. The Kier molecular flexibility index (Phi) is 5.14. The zero-order valence-corrected chi connectivity index (χ0v) is 17.7. The van der Waals surface area contributed by atoms with Gasteiger partial charge in [0.1, 0.15) is 0 Å². The zero-order valence-electron chi connectivity index (χ0n) is 16.9. The lowest BCUT2D eigenvalue weighted by Crippen LogP contribution is -2.38. The van der Waals surface area contributed by atoms with Crippen molar-refractivity contribution in [3.05, 3.63) is 77.3 Å². The molecule has 6 heteroatoms. The maximum Gasteiger partial charge on any atom is 0.234 e. The highest BCUT2D eigenvalue weighted by Crippen LogP contribution is 2.51. The number of halogens is 1. The van der Waals surface area contributed by atoms with Gasteiger partial charge in [0.15, 0.2) is 0 Å². The molecule has 1 saturated heterocycles. The molecule has 1 heterocycles. The summed E-state index contributed by atoms with van der Waals surface area (Å²) < 4.78 is 0. The Hall–Kier alpha value is -2.92. The van der Waals surface area contributed by atoms with Crippen LogP contribution < -0.4 is 5.32 Å². The van der Waals surface area contributed by atoms with E-state index < -0.39 is 6.04 Å². The first-order chi connectivity index (χ1) is 15.0. The van der Waals surface area contributed by atoms with E-state index in [9.17, 15) is 14.4 Å². The Morgan fingerprint density at radius 2 is 1.52 bits per heavy atom. The Labute approximate surface area is 186 Å². The Morgan fingerprint density at radius 1 is 0.935 bits per heavy atom. The molecule has 2 fully saturated rings. The van der Waals surface area contributed by atoms with Gasteiger partial charge in [-0.25, -0.2) is 0 Å². The number of carbonyl (C=O) groups excluding carboxylic acids is 3. The van der Waals surface area contributed by atoms with E-state index in [-0.39, 0.29) is 47.8 Å². The summed E-state index contributed by atoms with van der Waals surface area (Å²) in [5, 5.41) is 3.44. The van der Waals surface area contributed by atoms with Crippen molar-refractivity contribution in [2.45, 2.75) is 25.3 Å². The third-order valence-electron chi connectivity index (χ3n) is 6.80. The van der Waals surface area contributed by atoms with Gasteiger partial charge in [-0.05, 0) is 54.5 Å². The standard InChI is InChI=1S/C25H23ClN2O3/c26-18-10-12-19(13-11-18)27-21(29)14-20(15-4-2-1-3-5-15)28-24(30)22-16-6-7-17(9-8-16)23(22)25(28)31/h1-7,10-13,16-17,20,22-23H,8-9,14H2,(H,27,29)/t16-,17-,20+,22-,23+/m0/s1. The van der Waals surface area contributed by atoms with Crippen LogP contribution in [0.15, 0.2) is 66.7 Å². The molecular weight excluding hydrogens is 412 g/mol. The highest BCUT2D eigenvalue weighted by molar-refractivity contribution is 6.30. The lowest BCUT2D eigenvalue weighted by Gasteiger charge is -2.38. The number of anilines is 1. The Morgan fingerprint density at radius 3 is 2.06 bits per heavy atom. The van der Waals surface area contributed by atoms with Gasteiger partial charge >= 0.3 is 0 Å². The fraction of sp³-hybridized carbons (Fsp3) is 0.320. The molecule has 5 nitrogen and oxygen atoms in total. The minimum atomic E-state index is -0.626. The maximum atomic E-state index is 13.5. The second-order valence-electron chi connectivity index (χ2n) is 8.57. The first-order valence-electron chi connectivity index (χ1n) is 10.7. The van der Waals surface area contributed by atoms with Crippen molar-refractivity contribution in [2.24, 2.45) is 23.7 Å². The molecule has 0 unspecified atom stereocenters. The molecule has 1 N–H and O–H groups in total. The van der Waals surface area contributed by atoms with Crippen molar-refractivity contribution in [1.29, 1.82) is 0 Å². The Balaban J connectivity index is 1.43. The summed E-state index contributed by atoms with van der Waals surface area (Å²) in [5.74, 6) is -0.868. The average molecular weight is 435 g/mol. The van der Waals surface area contributed by atoms with Gasteiger partial charge in [0, 0.05) is 10.7 Å². The number of hydrogen-bond donors (Lipinski definition) is 1. The summed E-state index contributed by atoms with van der Waals surface area (Å²) in [5.41, 5.74) is 1.41. The summed E-state index contributed by atoms with van der Waals surface area (Å²) in [7, 11) is 0. The fourth-order valence-corrected chi connectivity index (χ4v) is 5.48. The van der Waals surface area contributed by atoms with E-state index in [1.807, 2.05) is 30.3 Å². The third kappa shape index (κ3) is 3.57. The summed E-state index contributed by atoms with van der Waals surface area (Å²) >= 11 is 5.92. The molecule has 3 aliphatic carbocycles. The largest absolute Gasteiger partial charge is 0.326 e. The van der Waals surface area contributed by atoms with Gasteiger partial charge in [-0.15, -0.1) is 0 Å². The van der Waals surface area contributed by atoms with Crippen LogP contribution in [0, 0.1) is 23.7 Å². The predicted octanol–water partition coefficient (Wildman–Crippen LogP) is 4.61. The molecule has 0 radical (unpaired) electrons. The van der Waals surface area contributed by atoms with Gasteiger partial charge in [-0.1, -0.05) is 54.1 Å². The van der Waals surface area contributed by atoms with Crippen LogP contribution in [0.1, 0.15) is 30.9 Å². The first kappa shape index (κ1) is 20.0. The zero-order chi connectivity index (χ0) is 21.5. The average Bonchev–Trinajstić information content (AvgIpc) is 3.07. The van der Waals surface area contributed by atoms with Gasteiger partial charge < -0.3 is 5.32 Å². The number of rotatable bonds is 5. The molecule has 2 aromatic rings. The van der Waals surface area contributed by atoms with Gasteiger partial charge in [-0.2, -0.15) is 0 Å². The van der Waals surface area contributed by atoms with Crippen molar-refractivity contribution in [3.8, 4) is 0 Å². The summed E-state index contributed by atoms with van der Waals surface area (Å²) in [6.07, 6.45) is 6.11. The summed E-state index contributed by atoms with van der Waals surface area (Å²) in [4.78, 5) is 41.2. The minimum absolute atomic E-state index is 0.00627. The van der Waals surface area contributed by atoms with Crippen LogP contribution in [0.5, 0.6) is 0 Å². The van der Waals surface area contributed by atoms with Gasteiger partial charge in [-0.3, -0.25) is 19.3 Å². The van der Waals surface area contributed by atoms with E-state index in [0.717, 1.165) is 18.4 Å². The number of benzene rings is 2. The molecule has 4 aliphatic rings. The van der Waals surface area contributed by atoms with E-state index in [1.165, 1.54) is 4.90 Å². The number of amides is 3. The van der Waals surface area contributed by atoms with Gasteiger partial charge in [0.2, 0.25) is 17.7 Å². The number of carbonyl (C=O) groups is 3. The van der Waals surface area contributed by atoms with Crippen LogP contribution in [0.3, 0.4) is 0 Å². The second-order valence-corrected chi connectivity index (χ2v) is 9.01. The van der Waals surface area contributed by atoms with E-state index in [4.69, 9.17) is 11.6 Å². The fourth-order valence-electron chi connectivity index (χ4n) is 5.36.